The van der Waals surface area contributed by atoms with Gasteiger partial charge >= 0.3 is 0 Å². The van der Waals surface area contributed by atoms with Crippen molar-refractivity contribution in [2.75, 3.05) is 12.3 Å². The molecule has 0 bridgehead atoms. The summed E-state index contributed by atoms with van der Waals surface area (Å²) in [6.45, 7) is 1.61. The lowest BCUT2D eigenvalue weighted by atomic mass is 10.2. The summed E-state index contributed by atoms with van der Waals surface area (Å²) >= 11 is 5.30. The van der Waals surface area contributed by atoms with Gasteiger partial charge in [-0.3, -0.25) is 0 Å². The van der Waals surface area contributed by atoms with Crippen molar-refractivity contribution < 1.29 is 4.39 Å². The first-order chi connectivity index (χ1) is 8.25. The SMILES string of the molecule is Fc1cc(Br)ccc1CNCC1CCCCS1. The zero-order chi connectivity index (χ0) is 12.1. The molecule has 17 heavy (non-hydrogen) atoms. The third-order valence-corrected chi connectivity index (χ3v) is 4.87. The second-order valence-corrected chi connectivity index (χ2v) is 6.68. The van der Waals surface area contributed by atoms with Crippen LogP contribution in [0, 0.1) is 5.82 Å². The lowest BCUT2D eigenvalue weighted by Gasteiger charge is -2.21. The van der Waals surface area contributed by atoms with E-state index in [2.05, 4.69) is 21.2 Å². The maximum absolute atomic E-state index is 13.5. The molecule has 0 amide bonds. The standard InChI is InChI=1S/C13H17BrFNS/c14-11-5-4-10(13(15)7-11)8-16-9-12-3-1-2-6-17-12/h4-5,7,12,16H,1-3,6,8-9H2. The van der Waals surface area contributed by atoms with E-state index in [4.69, 9.17) is 0 Å². The minimum Gasteiger partial charge on any atom is -0.311 e. The largest absolute Gasteiger partial charge is 0.311 e. The zero-order valence-electron chi connectivity index (χ0n) is 9.72. The van der Waals surface area contributed by atoms with Gasteiger partial charge < -0.3 is 5.32 Å². The molecule has 1 atom stereocenters. The molecular formula is C13H17BrFNS. The topological polar surface area (TPSA) is 12.0 Å². The summed E-state index contributed by atoms with van der Waals surface area (Å²) in [6.07, 6.45) is 3.98. The van der Waals surface area contributed by atoms with Crippen molar-refractivity contribution in [3.63, 3.8) is 0 Å². The van der Waals surface area contributed by atoms with Crippen LogP contribution in [0.5, 0.6) is 0 Å². The van der Waals surface area contributed by atoms with Crippen LogP contribution in [-0.2, 0) is 6.54 Å². The molecule has 1 saturated heterocycles. The van der Waals surface area contributed by atoms with Crippen molar-refractivity contribution in [3.8, 4) is 0 Å². The first-order valence-electron chi connectivity index (χ1n) is 6.02. The van der Waals surface area contributed by atoms with E-state index in [1.807, 2.05) is 23.9 Å². The van der Waals surface area contributed by atoms with Crippen LogP contribution in [-0.4, -0.2) is 17.5 Å². The predicted octanol–water partition coefficient (Wildman–Crippen LogP) is 3.96. The van der Waals surface area contributed by atoms with Gasteiger partial charge in [-0.2, -0.15) is 11.8 Å². The average molecular weight is 318 g/mol. The quantitative estimate of drug-likeness (QED) is 0.902. The Morgan fingerprint density at radius 1 is 1.41 bits per heavy atom. The number of nitrogens with one attached hydrogen (secondary N) is 1. The molecule has 0 radical (unpaired) electrons. The van der Waals surface area contributed by atoms with Crippen molar-refractivity contribution in [1.82, 2.24) is 5.32 Å². The number of thioether (sulfide) groups is 1. The maximum Gasteiger partial charge on any atom is 0.128 e. The molecule has 0 spiro atoms. The van der Waals surface area contributed by atoms with Crippen molar-refractivity contribution in [3.05, 3.63) is 34.1 Å². The highest BCUT2D eigenvalue weighted by Gasteiger charge is 2.13. The van der Waals surface area contributed by atoms with E-state index in [9.17, 15) is 4.39 Å². The summed E-state index contributed by atoms with van der Waals surface area (Å²) in [5, 5.41) is 4.07. The second-order valence-electron chi connectivity index (χ2n) is 4.36. The normalized spacial score (nSPS) is 20.5. The van der Waals surface area contributed by atoms with E-state index in [1.165, 1.54) is 31.1 Å². The summed E-state index contributed by atoms with van der Waals surface area (Å²) in [5.41, 5.74) is 0.744. The Bertz CT molecular complexity index is 366. The molecule has 2 rings (SSSR count). The molecule has 0 saturated carbocycles. The predicted molar refractivity (Wildman–Crippen MR) is 75.9 cm³/mol. The molecule has 0 aromatic heterocycles. The Kier molecular flexibility index (Phi) is 5.32. The molecule has 1 aromatic carbocycles. The summed E-state index contributed by atoms with van der Waals surface area (Å²) in [5.74, 6) is 1.14. The molecule has 1 fully saturated rings. The highest BCUT2D eigenvalue weighted by atomic mass is 79.9. The van der Waals surface area contributed by atoms with E-state index in [0.717, 1.165) is 16.6 Å². The van der Waals surface area contributed by atoms with Gasteiger partial charge in [0.05, 0.1) is 0 Å². The van der Waals surface area contributed by atoms with E-state index >= 15 is 0 Å². The van der Waals surface area contributed by atoms with Gasteiger partial charge in [-0.25, -0.2) is 4.39 Å². The number of hydrogen-bond acceptors (Lipinski definition) is 2. The van der Waals surface area contributed by atoms with E-state index < -0.39 is 0 Å². The van der Waals surface area contributed by atoms with Crippen LogP contribution in [0.15, 0.2) is 22.7 Å². The molecular weight excluding hydrogens is 301 g/mol. The molecule has 1 nitrogen and oxygen atoms in total. The fraction of sp³-hybridized carbons (Fsp3) is 0.538. The average Bonchev–Trinajstić information content (AvgIpc) is 2.33. The van der Waals surface area contributed by atoms with Crippen LogP contribution in [0.1, 0.15) is 24.8 Å². The van der Waals surface area contributed by atoms with Gasteiger partial charge in [-0.05, 0) is 30.7 Å². The van der Waals surface area contributed by atoms with Crippen LogP contribution in [0.3, 0.4) is 0 Å². The van der Waals surface area contributed by atoms with Gasteiger partial charge in [0.1, 0.15) is 5.82 Å². The molecule has 1 unspecified atom stereocenters. The van der Waals surface area contributed by atoms with E-state index in [-0.39, 0.29) is 5.82 Å². The highest BCUT2D eigenvalue weighted by molar-refractivity contribution is 9.10. The fourth-order valence-corrected chi connectivity index (χ4v) is 3.61. The van der Waals surface area contributed by atoms with Crippen molar-refractivity contribution in [1.29, 1.82) is 0 Å². The number of hydrogen-bond donors (Lipinski definition) is 1. The van der Waals surface area contributed by atoms with E-state index in [1.54, 1.807) is 0 Å². The lowest BCUT2D eigenvalue weighted by Crippen LogP contribution is -2.26. The summed E-state index contributed by atoms with van der Waals surface area (Å²) in [7, 11) is 0. The number of benzene rings is 1. The lowest BCUT2D eigenvalue weighted by molar-refractivity contribution is 0.567. The molecule has 1 heterocycles. The van der Waals surface area contributed by atoms with Gasteiger partial charge in [-0.1, -0.05) is 28.4 Å². The molecule has 1 aliphatic heterocycles. The summed E-state index contributed by atoms with van der Waals surface area (Å²) in [6, 6.07) is 5.24. The minimum atomic E-state index is -0.136. The van der Waals surface area contributed by atoms with Crippen LogP contribution in [0.25, 0.3) is 0 Å². The molecule has 1 aromatic rings. The van der Waals surface area contributed by atoms with Crippen molar-refractivity contribution >= 4 is 27.7 Å². The Balaban J connectivity index is 1.77. The second kappa shape index (κ2) is 6.76. The van der Waals surface area contributed by atoms with Crippen LogP contribution >= 0.6 is 27.7 Å². The third kappa shape index (κ3) is 4.27. The van der Waals surface area contributed by atoms with Gasteiger partial charge in [0.2, 0.25) is 0 Å². The monoisotopic (exact) mass is 317 g/mol. The first kappa shape index (κ1) is 13.4. The fourth-order valence-electron chi connectivity index (χ4n) is 2.00. The Morgan fingerprint density at radius 2 is 2.29 bits per heavy atom. The Labute approximate surface area is 115 Å². The Hall–Kier alpha value is -0.0600. The van der Waals surface area contributed by atoms with Crippen LogP contribution in [0.2, 0.25) is 0 Å². The van der Waals surface area contributed by atoms with Crippen LogP contribution in [0.4, 0.5) is 4.39 Å². The molecule has 1 aliphatic rings. The first-order valence-corrected chi connectivity index (χ1v) is 7.86. The van der Waals surface area contributed by atoms with Gasteiger partial charge in [0.15, 0.2) is 0 Å². The summed E-state index contributed by atoms with van der Waals surface area (Å²) in [4.78, 5) is 0. The molecule has 4 heteroatoms. The van der Waals surface area contributed by atoms with Crippen LogP contribution < -0.4 is 5.32 Å². The van der Waals surface area contributed by atoms with Gasteiger partial charge in [0, 0.05) is 28.4 Å². The third-order valence-electron chi connectivity index (χ3n) is 2.98. The number of halogens is 2. The van der Waals surface area contributed by atoms with Crippen molar-refractivity contribution in [2.45, 2.75) is 31.1 Å². The molecule has 0 aliphatic carbocycles. The zero-order valence-corrected chi connectivity index (χ0v) is 12.1. The highest BCUT2D eigenvalue weighted by Crippen LogP contribution is 2.24. The van der Waals surface area contributed by atoms with Crippen molar-refractivity contribution in [2.24, 2.45) is 0 Å². The van der Waals surface area contributed by atoms with Gasteiger partial charge in [-0.15, -0.1) is 0 Å². The summed E-state index contributed by atoms with van der Waals surface area (Å²) < 4.78 is 14.3. The van der Waals surface area contributed by atoms with E-state index in [0.29, 0.717) is 11.8 Å². The number of rotatable bonds is 4. The molecule has 1 N–H and O–H groups in total. The smallest absolute Gasteiger partial charge is 0.128 e. The Morgan fingerprint density at radius 3 is 3.00 bits per heavy atom. The van der Waals surface area contributed by atoms with Gasteiger partial charge in [0.25, 0.3) is 0 Å². The maximum atomic E-state index is 13.5. The molecule has 94 valence electrons. The minimum absolute atomic E-state index is 0.136.